The zero-order chi connectivity index (χ0) is 14.6. The number of nitrogens with zero attached hydrogens (tertiary/aromatic N) is 1. The summed E-state index contributed by atoms with van der Waals surface area (Å²) in [6.07, 6.45) is 0. The molecule has 1 aromatic rings. The molecule has 0 aromatic heterocycles. The lowest BCUT2D eigenvalue weighted by Gasteiger charge is -2.33. The van der Waals surface area contributed by atoms with E-state index in [2.05, 4.69) is 5.32 Å². The van der Waals surface area contributed by atoms with E-state index >= 15 is 0 Å². The van der Waals surface area contributed by atoms with Crippen LogP contribution in [-0.2, 0) is 4.79 Å². The standard InChI is InChI=1S/C13H18F2N2O2/c1-13(2,8-18)17(3)7-12(19)16-11-5-9(14)4-10(15)6-11/h4-6,18H,7-8H2,1-3H3,(H,16,19). The van der Waals surface area contributed by atoms with Crippen molar-refractivity contribution in [3.8, 4) is 0 Å². The molecule has 2 N–H and O–H groups in total. The van der Waals surface area contributed by atoms with E-state index in [1.165, 1.54) is 0 Å². The molecule has 0 atom stereocenters. The smallest absolute Gasteiger partial charge is 0.238 e. The van der Waals surface area contributed by atoms with Crippen molar-refractivity contribution in [2.24, 2.45) is 0 Å². The lowest BCUT2D eigenvalue weighted by Crippen LogP contribution is -2.47. The molecule has 106 valence electrons. The number of likely N-dealkylation sites (N-methyl/N-ethyl adjacent to an activating group) is 1. The number of amides is 1. The molecule has 19 heavy (non-hydrogen) atoms. The van der Waals surface area contributed by atoms with E-state index in [1.807, 2.05) is 0 Å². The van der Waals surface area contributed by atoms with Crippen LogP contribution in [0.5, 0.6) is 0 Å². The molecule has 0 bridgehead atoms. The third-order valence-corrected chi connectivity index (χ3v) is 2.95. The Morgan fingerprint density at radius 2 is 1.84 bits per heavy atom. The summed E-state index contributed by atoms with van der Waals surface area (Å²) in [5.74, 6) is -1.91. The second-order valence-electron chi connectivity index (χ2n) is 5.03. The fourth-order valence-electron chi connectivity index (χ4n) is 1.38. The molecule has 0 saturated heterocycles. The van der Waals surface area contributed by atoms with Gasteiger partial charge in [-0.05, 0) is 33.0 Å². The summed E-state index contributed by atoms with van der Waals surface area (Å²) in [4.78, 5) is 13.4. The van der Waals surface area contributed by atoms with Gasteiger partial charge in [-0.1, -0.05) is 0 Å². The molecule has 1 rings (SSSR count). The average Bonchev–Trinajstić information content (AvgIpc) is 2.27. The van der Waals surface area contributed by atoms with Crippen LogP contribution in [0, 0.1) is 11.6 Å². The zero-order valence-electron chi connectivity index (χ0n) is 11.2. The van der Waals surface area contributed by atoms with Crippen LogP contribution < -0.4 is 5.32 Å². The van der Waals surface area contributed by atoms with Crippen molar-refractivity contribution in [3.63, 3.8) is 0 Å². The minimum Gasteiger partial charge on any atom is -0.394 e. The van der Waals surface area contributed by atoms with Crippen molar-refractivity contribution in [1.82, 2.24) is 4.90 Å². The molecule has 0 aliphatic heterocycles. The number of carbonyl (C=O) groups is 1. The summed E-state index contributed by atoms with van der Waals surface area (Å²) in [7, 11) is 1.68. The van der Waals surface area contributed by atoms with E-state index in [9.17, 15) is 13.6 Å². The van der Waals surface area contributed by atoms with Crippen molar-refractivity contribution in [1.29, 1.82) is 0 Å². The van der Waals surface area contributed by atoms with E-state index in [1.54, 1.807) is 25.8 Å². The molecule has 0 heterocycles. The third kappa shape index (κ3) is 4.57. The zero-order valence-corrected chi connectivity index (χ0v) is 11.2. The van der Waals surface area contributed by atoms with Gasteiger partial charge in [-0.15, -0.1) is 0 Å². The number of aliphatic hydroxyl groups is 1. The lowest BCUT2D eigenvalue weighted by atomic mass is 10.1. The van der Waals surface area contributed by atoms with Gasteiger partial charge in [0.05, 0.1) is 13.2 Å². The highest BCUT2D eigenvalue weighted by Crippen LogP contribution is 2.14. The van der Waals surface area contributed by atoms with Gasteiger partial charge in [0.2, 0.25) is 5.91 Å². The van der Waals surface area contributed by atoms with Crippen molar-refractivity contribution in [2.45, 2.75) is 19.4 Å². The van der Waals surface area contributed by atoms with Crippen LogP contribution >= 0.6 is 0 Å². The molecule has 0 aliphatic rings. The van der Waals surface area contributed by atoms with Crippen molar-refractivity contribution >= 4 is 11.6 Å². The number of aliphatic hydroxyl groups excluding tert-OH is 1. The first kappa shape index (κ1) is 15.5. The number of rotatable bonds is 5. The molecule has 0 unspecified atom stereocenters. The predicted molar refractivity (Wildman–Crippen MR) is 68.8 cm³/mol. The summed E-state index contributed by atoms with van der Waals surface area (Å²) in [5, 5.41) is 11.6. The molecule has 0 radical (unpaired) electrons. The Kier molecular flexibility index (Phi) is 4.97. The van der Waals surface area contributed by atoms with Crippen molar-refractivity contribution in [3.05, 3.63) is 29.8 Å². The van der Waals surface area contributed by atoms with Crippen LogP contribution in [0.2, 0.25) is 0 Å². The van der Waals surface area contributed by atoms with Crippen LogP contribution in [0.15, 0.2) is 18.2 Å². The van der Waals surface area contributed by atoms with Gasteiger partial charge in [0.25, 0.3) is 0 Å². The van der Waals surface area contributed by atoms with Crippen molar-refractivity contribution < 1.29 is 18.7 Å². The Labute approximate surface area is 111 Å². The molecule has 0 aliphatic carbocycles. The number of hydrogen-bond acceptors (Lipinski definition) is 3. The van der Waals surface area contributed by atoms with E-state index in [-0.39, 0.29) is 18.8 Å². The first-order chi connectivity index (χ1) is 8.74. The van der Waals surface area contributed by atoms with Crippen LogP contribution in [0.4, 0.5) is 14.5 Å². The van der Waals surface area contributed by atoms with Gasteiger partial charge in [0.1, 0.15) is 11.6 Å². The first-order valence-corrected chi connectivity index (χ1v) is 5.82. The summed E-state index contributed by atoms with van der Waals surface area (Å²) >= 11 is 0. The highest BCUT2D eigenvalue weighted by molar-refractivity contribution is 5.92. The minimum atomic E-state index is -0.751. The molecule has 4 nitrogen and oxygen atoms in total. The molecule has 0 saturated carbocycles. The van der Waals surface area contributed by atoms with Gasteiger partial charge < -0.3 is 10.4 Å². The fraction of sp³-hybridized carbons (Fsp3) is 0.462. The molecule has 1 amide bonds. The van der Waals surface area contributed by atoms with E-state index in [0.717, 1.165) is 18.2 Å². The van der Waals surface area contributed by atoms with Gasteiger partial charge in [-0.25, -0.2) is 8.78 Å². The first-order valence-electron chi connectivity index (χ1n) is 5.82. The number of nitrogens with one attached hydrogen (secondary N) is 1. The van der Waals surface area contributed by atoms with E-state index < -0.39 is 23.1 Å². The van der Waals surface area contributed by atoms with E-state index in [0.29, 0.717) is 0 Å². The molecule has 0 fully saturated rings. The van der Waals surface area contributed by atoms with Gasteiger partial charge in [0, 0.05) is 17.3 Å². The second kappa shape index (κ2) is 6.08. The Morgan fingerprint density at radius 1 is 1.32 bits per heavy atom. The average molecular weight is 272 g/mol. The van der Waals surface area contributed by atoms with Gasteiger partial charge in [0.15, 0.2) is 0 Å². The quantitative estimate of drug-likeness (QED) is 0.856. The summed E-state index contributed by atoms with van der Waals surface area (Å²) in [6, 6.07) is 2.81. The van der Waals surface area contributed by atoms with Crippen LogP contribution in [-0.4, -0.2) is 41.7 Å². The SMILES string of the molecule is CN(CC(=O)Nc1cc(F)cc(F)c1)C(C)(C)CO. The Bertz CT molecular complexity index is 444. The Balaban J connectivity index is 2.65. The highest BCUT2D eigenvalue weighted by atomic mass is 19.1. The fourth-order valence-corrected chi connectivity index (χ4v) is 1.38. The minimum absolute atomic E-state index is 0.00565. The number of hydrogen-bond donors (Lipinski definition) is 2. The second-order valence-corrected chi connectivity index (χ2v) is 5.03. The predicted octanol–water partition coefficient (Wildman–Crippen LogP) is 1.61. The molecular weight excluding hydrogens is 254 g/mol. The summed E-state index contributed by atoms with van der Waals surface area (Å²) in [6.45, 7) is 3.46. The van der Waals surface area contributed by atoms with Gasteiger partial charge in [-0.2, -0.15) is 0 Å². The molecule has 6 heteroatoms. The van der Waals surface area contributed by atoms with Gasteiger partial charge in [-0.3, -0.25) is 9.69 Å². The number of halogens is 2. The largest absolute Gasteiger partial charge is 0.394 e. The van der Waals surface area contributed by atoms with Crippen LogP contribution in [0.25, 0.3) is 0 Å². The summed E-state index contributed by atoms with van der Waals surface area (Å²) < 4.78 is 25.9. The third-order valence-electron chi connectivity index (χ3n) is 2.95. The lowest BCUT2D eigenvalue weighted by molar-refractivity contribution is -0.118. The number of benzene rings is 1. The maximum Gasteiger partial charge on any atom is 0.238 e. The summed E-state index contributed by atoms with van der Waals surface area (Å²) in [5.41, 5.74) is -0.484. The number of anilines is 1. The monoisotopic (exact) mass is 272 g/mol. The Morgan fingerprint density at radius 3 is 2.32 bits per heavy atom. The van der Waals surface area contributed by atoms with Crippen molar-refractivity contribution in [2.75, 3.05) is 25.5 Å². The molecular formula is C13H18F2N2O2. The molecule has 0 spiro atoms. The Hall–Kier alpha value is -1.53. The van der Waals surface area contributed by atoms with E-state index in [4.69, 9.17) is 5.11 Å². The number of carbonyl (C=O) groups excluding carboxylic acids is 1. The van der Waals surface area contributed by atoms with Crippen LogP contribution in [0.3, 0.4) is 0 Å². The topological polar surface area (TPSA) is 52.6 Å². The maximum absolute atomic E-state index is 13.0. The van der Waals surface area contributed by atoms with Gasteiger partial charge >= 0.3 is 0 Å². The molecule has 1 aromatic carbocycles. The maximum atomic E-state index is 13.0. The normalized spacial score (nSPS) is 11.7. The van der Waals surface area contributed by atoms with Crippen LogP contribution in [0.1, 0.15) is 13.8 Å². The highest BCUT2D eigenvalue weighted by Gasteiger charge is 2.24.